The Hall–Kier alpha value is -0.780. The summed E-state index contributed by atoms with van der Waals surface area (Å²) in [5.41, 5.74) is 0. The van der Waals surface area contributed by atoms with Gasteiger partial charge in [-0.15, -0.1) is 0 Å². The number of hydrogen-bond acceptors (Lipinski definition) is 3. The first-order chi connectivity index (χ1) is 4.95. The molecule has 0 saturated carbocycles. The molecule has 0 aromatic heterocycles. The lowest BCUT2D eigenvalue weighted by atomic mass is 10.5. The summed E-state index contributed by atoms with van der Waals surface area (Å²) in [6.45, 7) is -0.127. The lowest BCUT2D eigenvalue weighted by molar-refractivity contribution is -0.317. The minimum atomic E-state index is -4.46. The van der Waals surface area contributed by atoms with Crippen LogP contribution in [-0.2, 0) is 14.6 Å². The van der Waals surface area contributed by atoms with E-state index in [1.54, 1.807) is 0 Å². The number of rotatable bonds is 3. The predicted molar refractivity (Wildman–Crippen MR) is 28.4 cm³/mol. The quantitative estimate of drug-likeness (QED) is 0.477. The third kappa shape index (κ3) is 7.11. The summed E-state index contributed by atoms with van der Waals surface area (Å²) in [6.07, 6.45) is -4.48. The van der Waals surface area contributed by atoms with Gasteiger partial charge in [-0.05, 0) is 0 Å². The largest absolute Gasteiger partial charge is 0.415 e. The number of hydrogen-bond donors (Lipinski definition) is 0. The Morgan fingerprint density at radius 1 is 1.45 bits per heavy atom. The summed E-state index contributed by atoms with van der Waals surface area (Å²) in [6, 6.07) is 0. The zero-order valence-electron chi connectivity index (χ0n) is 5.77. The molecule has 0 aromatic carbocycles. The predicted octanol–water partition coefficient (Wildman–Crippen LogP) is 1.43. The summed E-state index contributed by atoms with van der Waals surface area (Å²) in [5.74, 6) is -0.825. The molecule has 0 heterocycles. The second-order valence-corrected chi connectivity index (χ2v) is 1.69. The third-order valence-corrected chi connectivity index (χ3v) is 0.663. The molecule has 0 N–H and O–H groups in total. The van der Waals surface area contributed by atoms with Crippen LogP contribution >= 0.6 is 0 Å². The summed E-state index contributed by atoms with van der Waals surface area (Å²) < 4.78 is 33.9. The fraction of sp³-hybridized carbons (Fsp3) is 0.800. The lowest BCUT2D eigenvalue weighted by Gasteiger charge is -2.04. The third-order valence-electron chi connectivity index (χ3n) is 0.663. The van der Waals surface area contributed by atoms with Crippen molar-refractivity contribution in [3.8, 4) is 0 Å². The van der Waals surface area contributed by atoms with Crippen molar-refractivity contribution in [3.63, 3.8) is 0 Å². The Balaban J connectivity index is 3.35. The van der Waals surface area contributed by atoms with E-state index in [0.717, 1.165) is 0 Å². The number of halogens is 3. The van der Waals surface area contributed by atoms with Gasteiger partial charge in [-0.2, -0.15) is 18.1 Å². The summed E-state index contributed by atoms with van der Waals surface area (Å²) in [5, 5.41) is 0. The second-order valence-electron chi connectivity index (χ2n) is 1.69. The molecule has 66 valence electrons. The SMILES string of the molecule is CCC(=O)OOCC(F)(F)F. The number of alkyl halides is 3. The van der Waals surface area contributed by atoms with Gasteiger partial charge in [0.25, 0.3) is 0 Å². The molecule has 6 heteroatoms. The van der Waals surface area contributed by atoms with Crippen LogP contribution in [0.4, 0.5) is 13.2 Å². The monoisotopic (exact) mass is 172 g/mol. The van der Waals surface area contributed by atoms with E-state index < -0.39 is 18.8 Å². The van der Waals surface area contributed by atoms with Gasteiger partial charge in [0, 0.05) is 6.42 Å². The Labute approximate surface area is 61.0 Å². The Kier molecular flexibility index (Phi) is 3.88. The van der Waals surface area contributed by atoms with Gasteiger partial charge in [-0.1, -0.05) is 6.92 Å². The molecule has 0 fully saturated rings. The van der Waals surface area contributed by atoms with Crippen LogP contribution in [0.15, 0.2) is 0 Å². The van der Waals surface area contributed by atoms with Crippen LogP contribution in [0.5, 0.6) is 0 Å². The zero-order valence-corrected chi connectivity index (χ0v) is 5.77. The van der Waals surface area contributed by atoms with E-state index in [1.165, 1.54) is 6.92 Å². The van der Waals surface area contributed by atoms with E-state index in [0.29, 0.717) is 0 Å². The van der Waals surface area contributed by atoms with E-state index in [2.05, 4.69) is 9.78 Å². The maximum Gasteiger partial charge on any atom is 0.415 e. The van der Waals surface area contributed by atoms with Crippen LogP contribution in [0.1, 0.15) is 13.3 Å². The van der Waals surface area contributed by atoms with Gasteiger partial charge in [-0.25, -0.2) is 4.79 Å². The fourth-order valence-corrected chi connectivity index (χ4v) is 0.221. The van der Waals surface area contributed by atoms with Gasteiger partial charge in [0.1, 0.15) is 0 Å². The van der Waals surface area contributed by atoms with Crippen molar-refractivity contribution in [1.29, 1.82) is 0 Å². The molecule has 0 aliphatic heterocycles. The molecular formula is C5H7F3O3. The molecule has 0 aromatic rings. The van der Waals surface area contributed by atoms with Gasteiger partial charge in [-0.3, -0.25) is 4.89 Å². The molecule has 0 rings (SSSR count). The molecule has 0 saturated heterocycles. The molecule has 0 aliphatic carbocycles. The molecule has 0 amide bonds. The molecule has 0 unspecified atom stereocenters. The molecular weight excluding hydrogens is 165 g/mol. The molecule has 3 nitrogen and oxygen atoms in total. The highest BCUT2D eigenvalue weighted by Crippen LogP contribution is 2.14. The summed E-state index contributed by atoms with van der Waals surface area (Å²) in [4.78, 5) is 17.5. The maximum atomic E-state index is 11.3. The van der Waals surface area contributed by atoms with Crippen molar-refractivity contribution in [3.05, 3.63) is 0 Å². The van der Waals surface area contributed by atoms with E-state index in [9.17, 15) is 18.0 Å². The van der Waals surface area contributed by atoms with Crippen molar-refractivity contribution in [1.82, 2.24) is 0 Å². The molecule has 0 atom stereocenters. The highest BCUT2D eigenvalue weighted by Gasteiger charge is 2.28. The first kappa shape index (κ1) is 10.2. The van der Waals surface area contributed by atoms with Crippen LogP contribution in [-0.4, -0.2) is 18.8 Å². The molecule has 0 bridgehead atoms. The highest BCUT2D eigenvalue weighted by molar-refractivity contribution is 5.68. The standard InChI is InChI=1S/C5H7F3O3/c1-2-4(9)11-10-3-5(6,7)8/h2-3H2,1H3. The maximum absolute atomic E-state index is 11.3. The van der Waals surface area contributed by atoms with Gasteiger partial charge in [0.05, 0.1) is 0 Å². The van der Waals surface area contributed by atoms with Gasteiger partial charge in [0.2, 0.25) is 0 Å². The normalized spacial score (nSPS) is 11.3. The van der Waals surface area contributed by atoms with Crippen LogP contribution in [0.2, 0.25) is 0 Å². The summed E-state index contributed by atoms with van der Waals surface area (Å²) in [7, 11) is 0. The first-order valence-corrected chi connectivity index (χ1v) is 2.84. The van der Waals surface area contributed by atoms with E-state index in [-0.39, 0.29) is 6.42 Å². The number of carbonyl (C=O) groups excluding carboxylic acids is 1. The van der Waals surface area contributed by atoms with E-state index in [1.807, 2.05) is 0 Å². The Morgan fingerprint density at radius 2 is 2.00 bits per heavy atom. The van der Waals surface area contributed by atoms with Crippen molar-refractivity contribution in [2.45, 2.75) is 19.5 Å². The van der Waals surface area contributed by atoms with E-state index in [4.69, 9.17) is 0 Å². The van der Waals surface area contributed by atoms with Gasteiger partial charge < -0.3 is 0 Å². The highest BCUT2D eigenvalue weighted by atomic mass is 19.4. The van der Waals surface area contributed by atoms with Crippen LogP contribution in [0.3, 0.4) is 0 Å². The Morgan fingerprint density at radius 3 is 2.36 bits per heavy atom. The fourth-order valence-electron chi connectivity index (χ4n) is 0.221. The minimum absolute atomic E-state index is 0.0160. The summed E-state index contributed by atoms with van der Waals surface area (Å²) >= 11 is 0. The minimum Gasteiger partial charge on any atom is -0.298 e. The van der Waals surface area contributed by atoms with Crippen LogP contribution < -0.4 is 0 Å². The van der Waals surface area contributed by atoms with Gasteiger partial charge in [0.15, 0.2) is 6.61 Å². The van der Waals surface area contributed by atoms with Crippen LogP contribution in [0, 0.1) is 0 Å². The molecule has 0 radical (unpaired) electrons. The number of carbonyl (C=O) groups is 1. The lowest BCUT2D eigenvalue weighted by Crippen LogP contribution is -2.18. The zero-order chi connectivity index (χ0) is 8.91. The smallest absolute Gasteiger partial charge is 0.298 e. The van der Waals surface area contributed by atoms with Crippen molar-refractivity contribution >= 4 is 5.97 Å². The first-order valence-electron chi connectivity index (χ1n) is 2.84. The topological polar surface area (TPSA) is 35.5 Å². The average Bonchev–Trinajstić information content (AvgIpc) is 1.85. The van der Waals surface area contributed by atoms with Crippen molar-refractivity contribution in [2.75, 3.05) is 6.61 Å². The van der Waals surface area contributed by atoms with Crippen LogP contribution in [0.25, 0.3) is 0 Å². The molecule has 0 aliphatic rings. The second kappa shape index (κ2) is 4.17. The molecule has 0 spiro atoms. The van der Waals surface area contributed by atoms with Gasteiger partial charge >= 0.3 is 12.1 Å². The molecule has 11 heavy (non-hydrogen) atoms. The Bertz CT molecular complexity index is 131. The van der Waals surface area contributed by atoms with Crippen molar-refractivity contribution < 1.29 is 27.7 Å². The van der Waals surface area contributed by atoms with Crippen molar-refractivity contribution in [2.24, 2.45) is 0 Å². The van der Waals surface area contributed by atoms with E-state index >= 15 is 0 Å². The average molecular weight is 172 g/mol.